The van der Waals surface area contributed by atoms with Crippen molar-refractivity contribution < 1.29 is 4.74 Å². The van der Waals surface area contributed by atoms with Crippen LogP contribution in [-0.2, 0) is 6.42 Å². The van der Waals surface area contributed by atoms with Gasteiger partial charge in [-0.2, -0.15) is 5.26 Å². The third-order valence-corrected chi connectivity index (χ3v) is 4.51. The lowest BCUT2D eigenvalue weighted by Crippen LogP contribution is -2.42. The number of benzene rings is 1. The number of aryl methyl sites for hydroxylation is 1. The van der Waals surface area contributed by atoms with Crippen LogP contribution < -0.4 is 9.64 Å². The molecule has 0 N–H and O–H groups in total. The summed E-state index contributed by atoms with van der Waals surface area (Å²) in [5.41, 5.74) is 1.54. The molecule has 1 aromatic carbocycles. The number of para-hydroxylation sites is 1. The average molecular weight is 292 g/mol. The quantitative estimate of drug-likeness (QED) is 0.807. The summed E-state index contributed by atoms with van der Waals surface area (Å²) < 4.78 is 6.33. The second-order valence-electron chi connectivity index (χ2n) is 5.92. The maximum atomic E-state index is 8.97. The summed E-state index contributed by atoms with van der Waals surface area (Å²) in [6, 6.07) is 12.0. The molecule has 2 aliphatic heterocycles. The molecule has 5 heteroatoms. The van der Waals surface area contributed by atoms with Crippen molar-refractivity contribution in [1.82, 2.24) is 9.97 Å². The van der Waals surface area contributed by atoms with Gasteiger partial charge in [0.25, 0.3) is 0 Å². The zero-order valence-corrected chi connectivity index (χ0v) is 12.2. The van der Waals surface area contributed by atoms with Crippen LogP contribution >= 0.6 is 0 Å². The Balaban J connectivity index is 1.57. The zero-order chi connectivity index (χ0) is 15.0. The number of fused-ring (bicyclic) bond motifs is 1. The van der Waals surface area contributed by atoms with E-state index in [9.17, 15) is 0 Å². The monoisotopic (exact) mass is 292 g/mol. The third-order valence-electron chi connectivity index (χ3n) is 4.51. The summed E-state index contributed by atoms with van der Waals surface area (Å²) in [6.45, 7) is 1.63. The highest BCUT2D eigenvalue weighted by Crippen LogP contribution is 2.39. The molecule has 110 valence electrons. The van der Waals surface area contributed by atoms with E-state index < -0.39 is 0 Å². The van der Waals surface area contributed by atoms with E-state index in [0.717, 1.165) is 38.1 Å². The predicted octanol–water partition coefficient (Wildman–Crippen LogP) is 2.32. The molecular weight excluding hydrogens is 276 g/mol. The predicted molar refractivity (Wildman–Crippen MR) is 81.7 cm³/mol. The van der Waals surface area contributed by atoms with Crippen LogP contribution in [0.2, 0.25) is 0 Å². The molecule has 1 unspecified atom stereocenters. The van der Waals surface area contributed by atoms with Gasteiger partial charge in [0, 0.05) is 19.2 Å². The fourth-order valence-corrected chi connectivity index (χ4v) is 3.32. The Morgan fingerprint density at radius 1 is 1.23 bits per heavy atom. The van der Waals surface area contributed by atoms with Crippen molar-refractivity contribution in [1.29, 1.82) is 5.26 Å². The number of nitriles is 1. The third kappa shape index (κ3) is 2.17. The van der Waals surface area contributed by atoms with Crippen LogP contribution in [0.5, 0.6) is 5.75 Å². The largest absolute Gasteiger partial charge is 0.485 e. The normalized spacial score (nSPS) is 23.0. The molecule has 1 spiro atoms. The lowest BCUT2D eigenvalue weighted by molar-refractivity contribution is 0.0681. The van der Waals surface area contributed by atoms with E-state index in [4.69, 9.17) is 10.00 Å². The second kappa shape index (κ2) is 4.99. The van der Waals surface area contributed by atoms with Crippen molar-refractivity contribution in [3.05, 3.63) is 47.8 Å². The standard InChI is InChI=1S/C17H16N4O/c18-11-14-6-9-19-16(20-14)21-10-8-17(12-21)7-5-13-3-1-2-4-15(13)22-17/h1-4,6,9H,5,7-8,10,12H2. The molecule has 1 fully saturated rings. The number of ether oxygens (including phenoxy) is 1. The number of anilines is 1. The first kappa shape index (κ1) is 13.1. The summed E-state index contributed by atoms with van der Waals surface area (Å²) in [6.07, 6.45) is 4.66. The average Bonchev–Trinajstić information content (AvgIpc) is 2.98. The molecule has 2 aliphatic rings. The van der Waals surface area contributed by atoms with Gasteiger partial charge in [0.05, 0.1) is 6.54 Å². The molecule has 0 aliphatic carbocycles. The lowest BCUT2D eigenvalue weighted by Gasteiger charge is -2.35. The second-order valence-corrected chi connectivity index (χ2v) is 5.92. The Labute approximate surface area is 129 Å². The number of aromatic nitrogens is 2. The lowest BCUT2D eigenvalue weighted by atomic mass is 9.90. The van der Waals surface area contributed by atoms with Gasteiger partial charge in [0.2, 0.25) is 5.95 Å². The van der Waals surface area contributed by atoms with E-state index in [1.165, 1.54) is 5.56 Å². The van der Waals surface area contributed by atoms with Crippen LogP contribution in [-0.4, -0.2) is 28.7 Å². The van der Waals surface area contributed by atoms with Gasteiger partial charge < -0.3 is 9.64 Å². The molecular formula is C17H16N4O. The van der Waals surface area contributed by atoms with Crippen molar-refractivity contribution in [3.63, 3.8) is 0 Å². The minimum Gasteiger partial charge on any atom is -0.485 e. The van der Waals surface area contributed by atoms with Crippen LogP contribution in [0.15, 0.2) is 36.5 Å². The number of hydrogen-bond acceptors (Lipinski definition) is 5. The van der Waals surface area contributed by atoms with Gasteiger partial charge >= 0.3 is 0 Å². The van der Waals surface area contributed by atoms with E-state index >= 15 is 0 Å². The van der Waals surface area contributed by atoms with Crippen LogP contribution in [0.1, 0.15) is 24.1 Å². The maximum Gasteiger partial charge on any atom is 0.226 e. The fourth-order valence-electron chi connectivity index (χ4n) is 3.32. The maximum absolute atomic E-state index is 8.97. The van der Waals surface area contributed by atoms with E-state index in [0.29, 0.717) is 11.6 Å². The van der Waals surface area contributed by atoms with Crippen molar-refractivity contribution in [2.24, 2.45) is 0 Å². The highest BCUT2D eigenvalue weighted by Gasteiger charge is 2.43. The fraction of sp³-hybridized carbons (Fsp3) is 0.353. The molecule has 1 aromatic heterocycles. The van der Waals surface area contributed by atoms with Crippen molar-refractivity contribution in [2.75, 3.05) is 18.0 Å². The Morgan fingerprint density at radius 2 is 2.14 bits per heavy atom. The first-order chi connectivity index (χ1) is 10.8. The topological polar surface area (TPSA) is 62.0 Å². The summed E-state index contributed by atoms with van der Waals surface area (Å²) in [4.78, 5) is 10.7. The van der Waals surface area contributed by atoms with Crippen LogP contribution in [0.25, 0.3) is 0 Å². The number of hydrogen-bond donors (Lipinski definition) is 0. The van der Waals surface area contributed by atoms with Gasteiger partial charge in [-0.15, -0.1) is 0 Å². The van der Waals surface area contributed by atoms with Crippen LogP contribution in [0.3, 0.4) is 0 Å². The van der Waals surface area contributed by atoms with E-state index in [1.807, 2.05) is 12.1 Å². The van der Waals surface area contributed by atoms with Crippen LogP contribution in [0.4, 0.5) is 5.95 Å². The molecule has 2 aromatic rings. The smallest absolute Gasteiger partial charge is 0.226 e. The molecule has 1 saturated heterocycles. The first-order valence-corrected chi connectivity index (χ1v) is 7.53. The van der Waals surface area contributed by atoms with Crippen molar-refractivity contribution in [2.45, 2.75) is 24.9 Å². The Kier molecular flexibility index (Phi) is 2.97. The van der Waals surface area contributed by atoms with Crippen molar-refractivity contribution in [3.8, 4) is 11.8 Å². The van der Waals surface area contributed by atoms with Crippen LogP contribution in [0, 0.1) is 11.3 Å². The summed E-state index contributed by atoms with van der Waals surface area (Å²) >= 11 is 0. The van der Waals surface area contributed by atoms with Gasteiger partial charge in [-0.25, -0.2) is 9.97 Å². The van der Waals surface area contributed by atoms with Gasteiger partial charge in [0.1, 0.15) is 23.1 Å². The summed E-state index contributed by atoms with van der Waals surface area (Å²) in [5.74, 6) is 1.63. The Morgan fingerprint density at radius 3 is 3.05 bits per heavy atom. The molecule has 4 rings (SSSR count). The van der Waals surface area contributed by atoms with Gasteiger partial charge in [-0.05, 0) is 30.5 Å². The molecule has 0 saturated carbocycles. The molecule has 0 amide bonds. The summed E-state index contributed by atoms with van der Waals surface area (Å²) in [7, 11) is 0. The number of rotatable bonds is 1. The Hall–Kier alpha value is -2.61. The van der Waals surface area contributed by atoms with E-state index in [2.05, 4.69) is 33.1 Å². The van der Waals surface area contributed by atoms with E-state index in [1.54, 1.807) is 12.3 Å². The molecule has 1 atom stereocenters. The molecule has 0 bridgehead atoms. The highest BCUT2D eigenvalue weighted by atomic mass is 16.5. The number of nitrogens with zero attached hydrogens (tertiary/aromatic N) is 4. The van der Waals surface area contributed by atoms with Crippen molar-refractivity contribution >= 4 is 5.95 Å². The van der Waals surface area contributed by atoms with Gasteiger partial charge in [-0.3, -0.25) is 0 Å². The molecule has 22 heavy (non-hydrogen) atoms. The SMILES string of the molecule is N#Cc1ccnc(N2CCC3(CCc4ccccc4O3)C2)n1. The zero-order valence-electron chi connectivity index (χ0n) is 12.2. The minimum atomic E-state index is -0.152. The molecule has 5 nitrogen and oxygen atoms in total. The molecule has 3 heterocycles. The highest BCUT2D eigenvalue weighted by molar-refractivity contribution is 5.40. The first-order valence-electron chi connectivity index (χ1n) is 7.53. The van der Waals surface area contributed by atoms with Gasteiger partial charge in [0.15, 0.2) is 0 Å². The summed E-state index contributed by atoms with van der Waals surface area (Å²) in [5, 5.41) is 8.97. The Bertz CT molecular complexity index is 754. The minimum absolute atomic E-state index is 0.152. The molecule has 0 radical (unpaired) electrons. The van der Waals surface area contributed by atoms with E-state index in [-0.39, 0.29) is 5.60 Å². The van der Waals surface area contributed by atoms with Gasteiger partial charge in [-0.1, -0.05) is 18.2 Å².